The molecule has 44 valence electrons. The average Bonchev–Trinajstić information content (AvgIpc) is 1.65. The van der Waals surface area contributed by atoms with Crippen molar-refractivity contribution in [3.63, 3.8) is 0 Å². The van der Waals surface area contributed by atoms with Crippen LogP contribution in [0.25, 0.3) is 0 Å². The molecule has 1 aliphatic rings. The molecule has 0 saturated heterocycles. The number of allylic oxidation sites excluding steroid dienone is 1. The molecule has 4 heteroatoms. The molecule has 0 aromatic carbocycles. The summed E-state index contributed by atoms with van der Waals surface area (Å²) in [6, 6.07) is 0. The van der Waals surface area contributed by atoms with Crippen molar-refractivity contribution in [2.75, 3.05) is 0 Å². The first-order valence-electron chi connectivity index (χ1n) is 2.13. The quantitative estimate of drug-likeness (QED) is 0.499. The fraction of sp³-hybridized carbons (Fsp3) is 0.500. The zero-order valence-corrected chi connectivity index (χ0v) is 5.89. The van der Waals surface area contributed by atoms with Crippen molar-refractivity contribution in [1.29, 1.82) is 0 Å². The van der Waals surface area contributed by atoms with Crippen LogP contribution >= 0.6 is 0 Å². The van der Waals surface area contributed by atoms with E-state index in [4.69, 9.17) is 0 Å². The van der Waals surface area contributed by atoms with E-state index < -0.39 is 21.5 Å². The molecular weight excluding hydrogens is 175 g/mol. The van der Waals surface area contributed by atoms with Gasteiger partial charge in [-0.15, -0.1) is 0 Å². The molecule has 1 aliphatic heterocycles. The van der Waals surface area contributed by atoms with Crippen molar-refractivity contribution in [2.24, 2.45) is 3.86 Å². The monoisotopic (exact) mass is 179 g/mol. The maximum absolute atomic E-state index is 12.1. The van der Waals surface area contributed by atoms with E-state index in [0.717, 1.165) is 6.08 Å². The van der Waals surface area contributed by atoms with Gasteiger partial charge in [-0.05, 0) is 0 Å². The van der Waals surface area contributed by atoms with Crippen molar-refractivity contribution < 1.29 is 8.78 Å². The standard InChI is InChI=1S/C4H4AsF2N/c6-4(7)1-2-8-5-3-4/h1-2H,3H2. The molecule has 0 saturated carbocycles. The van der Waals surface area contributed by atoms with Gasteiger partial charge in [-0.1, -0.05) is 0 Å². The van der Waals surface area contributed by atoms with Crippen LogP contribution in [0.3, 0.4) is 0 Å². The molecule has 0 aromatic heterocycles. The zero-order chi connectivity index (χ0) is 6.04. The topological polar surface area (TPSA) is 12.4 Å². The van der Waals surface area contributed by atoms with Gasteiger partial charge in [0.2, 0.25) is 0 Å². The Morgan fingerprint density at radius 1 is 1.62 bits per heavy atom. The van der Waals surface area contributed by atoms with Gasteiger partial charge in [0.25, 0.3) is 0 Å². The van der Waals surface area contributed by atoms with Crippen LogP contribution in [0, 0.1) is 0 Å². The van der Waals surface area contributed by atoms with Crippen molar-refractivity contribution >= 4 is 15.6 Å². The molecule has 0 spiro atoms. The second-order valence-electron chi connectivity index (χ2n) is 1.49. The Labute approximate surface area is 52.3 Å². The third kappa shape index (κ3) is 1.48. The molecule has 0 bridgehead atoms. The van der Waals surface area contributed by atoms with Gasteiger partial charge in [0, 0.05) is 0 Å². The molecule has 1 rings (SSSR count). The van der Waals surface area contributed by atoms with Gasteiger partial charge >= 0.3 is 51.6 Å². The summed E-state index contributed by atoms with van der Waals surface area (Å²) in [4.78, 5) is 0. The van der Waals surface area contributed by atoms with Gasteiger partial charge in [0.1, 0.15) is 0 Å². The van der Waals surface area contributed by atoms with Crippen molar-refractivity contribution in [2.45, 2.75) is 11.1 Å². The van der Waals surface area contributed by atoms with E-state index in [2.05, 4.69) is 3.86 Å². The second-order valence-corrected chi connectivity index (χ2v) is 3.23. The van der Waals surface area contributed by atoms with Crippen molar-refractivity contribution in [3.8, 4) is 0 Å². The van der Waals surface area contributed by atoms with Gasteiger partial charge < -0.3 is 0 Å². The minimum absolute atomic E-state index is 0.0417. The number of hydrogen-bond donors (Lipinski definition) is 0. The van der Waals surface area contributed by atoms with Crippen molar-refractivity contribution in [1.82, 2.24) is 0 Å². The Morgan fingerprint density at radius 2 is 2.38 bits per heavy atom. The number of rotatable bonds is 0. The van der Waals surface area contributed by atoms with Gasteiger partial charge in [-0.25, -0.2) is 0 Å². The van der Waals surface area contributed by atoms with Crippen LogP contribution in [0.15, 0.2) is 16.1 Å². The van der Waals surface area contributed by atoms with Crippen LogP contribution in [-0.2, 0) is 0 Å². The van der Waals surface area contributed by atoms with Crippen LogP contribution in [0.2, 0.25) is 5.21 Å². The molecule has 0 fully saturated rings. The molecule has 0 aliphatic carbocycles. The molecule has 1 heterocycles. The molecule has 0 N–H and O–H groups in total. The third-order valence-electron chi connectivity index (χ3n) is 0.748. The molecule has 0 unspecified atom stereocenters. The summed E-state index contributed by atoms with van der Waals surface area (Å²) in [6.07, 6.45) is 2.07. The first kappa shape index (κ1) is 6.08. The Kier molecular flexibility index (Phi) is 1.56. The number of halogens is 2. The number of hydrogen-bond acceptors (Lipinski definition) is 1. The summed E-state index contributed by atoms with van der Waals surface area (Å²) in [5, 5.41) is -0.0417. The summed E-state index contributed by atoms with van der Waals surface area (Å²) in [7, 11) is 0. The van der Waals surface area contributed by atoms with Crippen LogP contribution < -0.4 is 0 Å². The summed E-state index contributed by atoms with van der Waals surface area (Å²) in [5.74, 6) is -2.55. The summed E-state index contributed by atoms with van der Waals surface area (Å²) in [6.45, 7) is 0. The third-order valence-corrected chi connectivity index (χ3v) is 2.55. The average molecular weight is 179 g/mol. The summed E-state index contributed by atoms with van der Waals surface area (Å²) >= 11 is -0.463. The van der Waals surface area contributed by atoms with E-state index in [0.29, 0.717) is 0 Å². The van der Waals surface area contributed by atoms with Gasteiger partial charge in [0.15, 0.2) is 0 Å². The Morgan fingerprint density at radius 3 is 2.62 bits per heavy atom. The molecule has 8 heavy (non-hydrogen) atoms. The van der Waals surface area contributed by atoms with Crippen LogP contribution in [0.5, 0.6) is 0 Å². The summed E-state index contributed by atoms with van der Waals surface area (Å²) < 4.78 is 27.9. The Balaban J connectivity index is 2.65. The normalized spacial score (nSPS) is 25.8. The zero-order valence-electron chi connectivity index (χ0n) is 4.01. The van der Waals surface area contributed by atoms with E-state index in [1.54, 1.807) is 0 Å². The Bertz CT molecular complexity index is 141. The van der Waals surface area contributed by atoms with Crippen LogP contribution in [-0.4, -0.2) is 21.5 Å². The predicted molar refractivity (Wildman–Crippen MR) is 27.1 cm³/mol. The minimum atomic E-state index is -2.55. The predicted octanol–water partition coefficient (Wildman–Crippen LogP) is 1.46. The van der Waals surface area contributed by atoms with E-state index in [1.165, 1.54) is 6.20 Å². The number of nitrogens with zero attached hydrogens (tertiary/aromatic N) is 1. The SMILES string of the molecule is FC1(F)C=CN=[As]C1. The Hall–Kier alpha value is -0.0416. The van der Waals surface area contributed by atoms with E-state index in [9.17, 15) is 8.78 Å². The molecule has 0 amide bonds. The van der Waals surface area contributed by atoms with E-state index in [-0.39, 0.29) is 5.21 Å². The molecule has 1 nitrogen and oxygen atoms in total. The van der Waals surface area contributed by atoms with E-state index in [1.807, 2.05) is 0 Å². The van der Waals surface area contributed by atoms with Gasteiger partial charge in [-0.3, -0.25) is 0 Å². The van der Waals surface area contributed by atoms with Crippen molar-refractivity contribution in [3.05, 3.63) is 12.3 Å². The molecular formula is C4H4AsF2N. The fourth-order valence-corrected chi connectivity index (χ4v) is 1.50. The fourth-order valence-electron chi connectivity index (χ4n) is 0.377. The van der Waals surface area contributed by atoms with Crippen LogP contribution in [0.1, 0.15) is 0 Å². The molecule has 0 aromatic rings. The second kappa shape index (κ2) is 2.06. The number of alkyl halides is 2. The maximum atomic E-state index is 12.1. The molecule has 0 radical (unpaired) electrons. The van der Waals surface area contributed by atoms with E-state index >= 15 is 0 Å². The molecule has 0 atom stereocenters. The van der Waals surface area contributed by atoms with Gasteiger partial charge in [-0.2, -0.15) is 0 Å². The summed E-state index contributed by atoms with van der Waals surface area (Å²) in [5.41, 5.74) is 0. The first-order chi connectivity index (χ1) is 3.71. The van der Waals surface area contributed by atoms with Crippen LogP contribution in [0.4, 0.5) is 8.78 Å². The first-order valence-corrected chi connectivity index (χ1v) is 4.29. The van der Waals surface area contributed by atoms with Gasteiger partial charge in [0.05, 0.1) is 0 Å².